The lowest BCUT2D eigenvalue weighted by Gasteiger charge is -2.27. The van der Waals surface area contributed by atoms with E-state index in [0.717, 1.165) is 12.0 Å². The van der Waals surface area contributed by atoms with Crippen molar-refractivity contribution in [3.8, 4) is 0 Å². The zero-order valence-corrected chi connectivity index (χ0v) is 16.3. The molecule has 0 aliphatic heterocycles. The Kier molecular flexibility index (Phi) is 5.59. The third kappa shape index (κ3) is 3.81. The van der Waals surface area contributed by atoms with E-state index >= 15 is 0 Å². The van der Waals surface area contributed by atoms with Gasteiger partial charge in [-0.1, -0.05) is 56.8 Å². The fourth-order valence-electron chi connectivity index (χ4n) is 3.56. The van der Waals surface area contributed by atoms with Gasteiger partial charge in [0.25, 0.3) is 0 Å². The van der Waals surface area contributed by atoms with Crippen LogP contribution < -0.4 is 0 Å². The van der Waals surface area contributed by atoms with Crippen molar-refractivity contribution in [3.63, 3.8) is 0 Å². The van der Waals surface area contributed by atoms with Gasteiger partial charge in [-0.05, 0) is 36.0 Å². The minimum atomic E-state index is -0.242. The van der Waals surface area contributed by atoms with Crippen LogP contribution in [0.25, 0.3) is 0 Å². The monoisotopic (exact) mass is 376 g/mol. The summed E-state index contributed by atoms with van der Waals surface area (Å²) in [6, 6.07) is 12.4. The van der Waals surface area contributed by atoms with Crippen molar-refractivity contribution in [2.75, 3.05) is 6.61 Å². The smallest absolute Gasteiger partial charge is 0.306 e. The highest BCUT2D eigenvalue weighted by molar-refractivity contribution is 6.28. The Hall–Kier alpha value is -3.01. The highest BCUT2D eigenvalue weighted by Crippen LogP contribution is 2.34. The van der Waals surface area contributed by atoms with Crippen molar-refractivity contribution in [3.05, 3.63) is 82.9 Å². The molecule has 0 spiro atoms. The molecule has 2 aromatic rings. The lowest BCUT2D eigenvalue weighted by Crippen LogP contribution is -2.23. The molecule has 0 saturated carbocycles. The first-order chi connectivity index (χ1) is 13.3. The number of hydrogen-bond acceptors (Lipinski definition) is 4. The molecule has 3 rings (SSSR count). The average molecular weight is 376 g/mol. The van der Waals surface area contributed by atoms with E-state index in [4.69, 9.17) is 4.74 Å². The zero-order valence-electron chi connectivity index (χ0n) is 16.3. The topological polar surface area (TPSA) is 60.4 Å². The SMILES string of the molecule is C=CCOC(=O)CCCC(C)(C)c1ccc2c(c1)C(=O)c1ccccc1C2=O. The Morgan fingerprint density at radius 3 is 2.25 bits per heavy atom. The molecule has 0 aromatic heterocycles. The largest absolute Gasteiger partial charge is 0.461 e. The van der Waals surface area contributed by atoms with Crippen LogP contribution in [-0.4, -0.2) is 24.1 Å². The summed E-state index contributed by atoms with van der Waals surface area (Å²) in [6.45, 7) is 7.90. The molecule has 1 aliphatic carbocycles. The summed E-state index contributed by atoms with van der Waals surface area (Å²) in [6.07, 6.45) is 3.32. The van der Waals surface area contributed by atoms with Crippen molar-refractivity contribution in [2.24, 2.45) is 0 Å². The fourth-order valence-corrected chi connectivity index (χ4v) is 3.56. The van der Waals surface area contributed by atoms with E-state index in [9.17, 15) is 14.4 Å². The van der Waals surface area contributed by atoms with Gasteiger partial charge in [0.2, 0.25) is 0 Å². The van der Waals surface area contributed by atoms with Crippen LogP contribution in [0, 0.1) is 0 Å². The molecule has 0 unspecified atom stereocenters. The molecule has 0 bridgehead atoms. The highest BCUT2D eigenvalue weighted by atomic mass is 16.5. The number of ketones is 2. The molecule has 0 fully saturated rings. The Labute approximate surface area is 165 Å². The van der Waals surface area contributed by atoms with Gasteiger partial charge in [0.05, 0.1) is 0 Å². The third-order valence-electron chi connectivity index (χ3n) is 5.25. The summed E-state index contributed by atoms with van der Waals surface area (Å²) in [7, 11) is 0. The summed E-state index contributed by atoms with van der Waals surface area (Å²) in [5.41, 5.74) is 2.57. The molecule has 144 valence electrons. The molecule has 2 aromatic carbocycles. The van der Waals surface area contributed by atoms with Gasteiger partial charge in [-0.3, -0.25) is 14.4 Å². The molecule has 0 atom stereocenters. The number of rotatable bonds is 7. The van der Waals surface area contributed by atoms with E-state index < -0.39 is 0 Å². The molecular weight excluding hydrogens is 352 g/mol. The van der Waals surface area contributed by atoms with Gasteiger partial charge in [0.1, 0.15) is 6.61 Å². The number of ether oxygens (including phenoxy) is 1. The van der Waals surface area contributed by atoms with Crippen molar-refractivity contribution in [1.29, 1.82) is 0 Å². The standard InChI is InChI=1S/C24H24O4/c1-4-14-28-21(25)10-7-13-24(2,3)16-11-12-19-20(15-16)23(27)18-9-6-5-8-17(18)22(19)26/h4-6,8-9,11-12,15H,1,7,10,13-14H2,2-3H3. The van der Waals surface area contributed by atoms with E-state index in [-0.39, 0.29) is 29.6 Å². The molecule has 28 heavy (non-hydrogen) atoms. The van der Waals surface area contributed by atoms with Crippen molar-refractivity contribution >= 4 is 17.5 Å². The summed E-state index contributed by atoms with van der Waals surface area (Å²) in [5.74, 6) is -0.464. The maximum atomic E-state index is 12.9. The number of carbonyl (C=O) groups is 3. The number of benzene rings is 2. The summed E-state index contributed by atoms with van der Waals surface area (Å²) >= 11 is 0. The summed E-state index contributed by atoms with van der Waals surface area (Å²) in [4.78, 5) is 37.3. The molecule has 0 saturated heterocycles. The van der Waals surface area contributed by atoms with E-state index in [1.54, 1.807) is 36.4 Å². The van der Waals surface area contributed by atoms with Gasteiger partial charge in [0, 0.05) is 28.7 Å². The number of hydrogen-bond donors (Lipinski definition) is 0. The van der Waals surface area contributed by atoms with Crippen LogP contribution in [-0.2, 0) is 14.9 Å². The molecule has 1 aliphatic rings. The van der Waals surface area contributed by atoms with Crippen LogP contribution in [0.4, 0.5) is 0 Å². The van der Waals surface area contributed by atoms with Crippen molar-refractivity contribution < 1.29 is 19.1 Å². The van der Waals surface area contributed by atoms with Gasteiger partial charge >= 0.3 is 5.97 Å². The quantitative estimate of drug-likeness (QED) is 0.445. The number of esters is 1. The highest BCUT2D eigenvalue weighted by Gasteiger charge is 2.31. The van der Waals surface area contributed by atoms with Crippen LogP contribution in [0.2, 0.25) is 0 Å². The second-order valence-electron chi connectivity index (χ2n) is 7.67. The lowest BCUT2D eigenvalue weighted by molar-refractivity contribution is -0.142. The Morgan fingerprint density at radius 1 is 1.00 bits per heavy atom. The van der Waals surface area contributed by atoms with Gasteiger partial charge in [-0.25, -0.2) is 0 Å². The molecule has 4 heteroatoms. The van der Waals surface area contributed by atoms with E-state index in [0.29, 0.717) is 35.1 Å². The number of fused-ring (bicyclic) bond motifs is 2. The minimum absolute atomic E-state index is 0.112. The third-order valence-corrected chi connectivity index (χ3v) is 5.25. The Balaban J connectivity index is 1.79. The van der Waals surface area contributed by atoms with E-state index in [2.05, 4.69) is 20.4 Å². The Bertz CT molecular complexity index is 953. The fraction of sp³-hybridized carbons (Fsp3) is 0.292. The molecule has 0 heterocycles. The van der Waals surface area contributed by atoms with E-state index in [1.165, 1.54) is 0 Å². The van der Waals surface area contributed by atoms with Crippen LogP contribution in [0.3, 0.4) is 0 Å². The number of carbonyl (C=O) groups excluding carboxylic acids is 3. The second kappa shape index (κ2) is 7.93. The first kappa shape index (κ1) is 19.7. The van der Waals surface area contributed by atoms with Gasteiger partial charge in [-0.2, -0.15) is 0 Å². The molecule has 0 N–H and O–H groups in total. The van der Waals surface area contributed by atoms with Gasteiger partial charge in [0.15, 0.2) is 11.6 Å². The minimum Gasteiger partial charge on any atom is -0.461 e. The maximum absolute atomic E-state index is 12.9. The second-order valence-corrected chi connectivity index (χ2v) is 7.67. The van der Waals surface area contributed by atoms with Gasteiger partial charge in [-0.15, -0.1) is 0 Å². The maximum Gasteiger partial charge on any atom is 0.306 e. The molecular formula is C24H24O4. The lowest BCUT2D eigenvalue weighted by atomic mass is 9.76. The summed E-state index contributed by atoms with van der Waals surface area (Å²) in [5, 5.41) is 0. The van der Waals surface area contributed by atoms with Gasteiger partial charge < -0.3 is 4.74 Å². The van der Waals surface area contributed by atoms with Crippen LogP contribution in [0.1, 0.15) is 70.5 Å². The molecule has 4 nitrogen and oxygen atoms in total. The zero-order chi connectivity index (χ0) is 20.3. The van der Waals surface area contributed by atoms with E-state index in [1.807, 2.05) is 12.1 Å². The van der Waals surface area contributed by atoms with Crippen LogP contribution in [0.5, 0.6) is 0 Å². The van der Waals surface area contributed by atoms with Crippen molar-refractivity contribution in [2.45, 2.75) is 38.5 Å². The predicted octanol–water partition coefficient (Wildman–Crippen LogP) is 4.64. The van der Waals surface area contributed by atoms with Crippen LogP contribution in [0.15, 0.2) is 55.1 Å². The average Bonchev–Trinajstić information content (AvgIpc) is 2.70. The first-order valence-electron chi connectivity index (χ1n) is 9.44. The van der Waals surface area contributed by atoms with Crippen molar-refractivity contribution in [1.82, 2.24) is 0 Å². The summed E-state index contributed by atoms with van der Waals surface area (Å²) < 4.78 is 5.01. The predicted molar refractivity (Wildman–Crippen MR) is 108 cm³/mol. The normalized spacial score (nSPS) is 12.9. The first-order valence-corrected chi connectivity index (χ1v) is 9.44. The Morgan fingerprint density at radius 2 is 1.61 bits per heavy atom. The molecule has 0 radical (unpaired) electrons. The molecule has 0 amide bonds. The van der Waals surface area contributed by atoms with Crippen LogP contribution >= 0.6 is 0 Å².